The van der Waals surface area contributed by atoms with Crippen molar-refractivity contribution in [1.82, 2.24) is 14.5 Å². The summed E-state index contributed by atoms with van der Waals surface area (Å²) in [6.07, 6.45) is -0.689. The second-order valence-electron chi connectivity index (χ2n) is 9.09. The monoisotopic (exact) mass is 487 g/mol. The molecular formula is C22H28F3N3O4S. The lowest BCUT2D eigenvalue weighted by Crippen LogP contribution is -2.48. The molecule has 2 saturated heterocycles. The number of sulfonamides is 1. The highest BCUT2D eigenvalue weighted by molar-refractivity contribution is 7.89. The summed E-state index contributed by atoms with van der Waals surface area (Å²) in [5.74, 6) is -0.367. The normalized spacial score (nSPS) is 21.7. The summed E-state index contributed by atoms with van der Waals surface area (Å²) in [6, 6.07) is 4.04. The molecule has 1 aliphatic carbocycles. The van der Waals surface area contributed by atoms with E-state index in [2.05, 4.69) is 5.32 Å². The molecule has 33 heavy (non-hydrogen) atoms. The first-order valence-electron chi connectivity index (χ1n) is 11.3. The predicted octanol–water partition coefficient (Wildman–Crippen LogP) is 2.62. The number of piperidine rings is 2. The van der Waals surface area contributed by atoms with Gasteiger partial charge in [-0.05, 0) is 56.7 Å². The fourth-order valence-electron chi connectivity index (χ4n) is 4.49. The maximum Gasteiger partial charge on any atom is 0.416 e. The largest absolute Gasteiger partial charge is 0.416 e. The molecule has 0 spiro atoms. The van der Waals surface area contributed by atoms with Gasteiger partial charge in [0.1, 0.15) is 0 Å². The Bertz CT molecular complexity index is 994. The van der Waals surface area contributed by atoms with Gasteiger partial charge in [0.05, 0.1) is 10.5 Å². The summed E-state index contributed by atoms with van der Waals surface area (Å²) in [5, 5.41) is 3.01. The van der Waals surface area contributed by atoms with Crippen LogP contribution in [0.1, 0.15) is 44.1 Å². The van der Waals surface area contributed by atoms with Crippen molar-refractivity contribution < 1.29 is 31.2 Å². The van der Waals surface area contributed by atoms with Gasteiger partial charge in [-0.2, -0.15) is 17.5 Å². The molecular weight excluding hydrogens is 459 g/mol. The molecule has 0 atom stereocenters. The Balaban J connectivity index is 1.30. The van der Waals surface area contributed by atoms with E-state index in [1.807, 2.05) is 0 Å². The van der Waals surface area contributed by atoms with Crippen LogP contribution in [-0.2, 0) is 25.8 Å². The highest BCUT2D eigenvalue weighted by Gasteiger charge is 2.37. The van der Waals surface area contributed by atoms with Crippen LogP contribution in [-0.4, -0.2) is 61.7 Å². The molecule has 1 N–H and O–H groups in total. The van der Waals surface area contributed by atoms with E-state index < -0.39 is 26.7 Å². The van der Waals surface area contributed by atoms with Crippen molar-refractivity contribution in [2.45, 2.75) is 55.6 Å². The van der Waals surface area contributed by atoms with Gasteiger partial charge in [-0.25, -0.2) is 8.42 Å². The average Bonchev–Trinajstić information content (AvgIpc) is 3.62. The number of carbonyl (C=O) groups excluding carboxylic acids is 2. The number of hydrogen-bond donors (Lipinski definition) is 1. The van der Waals surface area contributed by atoms with Gasteiger partial charge < -0.3 is 10.2 Å². The van der Waals surface area contributed by atoms with Gasteiger partial charge in [0, 0.05) is 44.1 Å². The summed E-state index contributed by atoms with van der Waals surface area (Å²) in [5.41, 5.74) is -1.01. The Hall–Kier alpha value is -2.14. The van der Waals surface area contributed by atoms with E-state index in [0.717, 1.165) is 35.3 Å². The fourth-order valence-corrected chi connectivity index (χ4v) is 6.01. The summed E-state index contributed by atoms with van der Waals surface area (Å²) >= 11 is 0. The van der Waals surface area contributed by atoms with Crippen LogP contribution in [0.15, 0.2) is 29.2 Å². The number of likely N-dealkylation sites (tertiary alicyclic amines) is 1. The van der Waals surface area contributed by atoms with E-state index in [0.29, 0.717) is 50.9 Å². The van der Waals surface area contributed by atoms with Gasteiger partial charge in [0.25, 0.3) is 0 Å². The molecule has 0 bridgehead atoms. The number of rotatable bonds is 5. The molecule has 11 heteroatoms. The van der Waals surface area contributed by atoms with Crippen molar-refractivity contribution in [1.29, 1.82) is 0 Å². The zero-order valence-corrected chi connectivity index (χ0v) is 19.0. The lowest BCUT2D eigenvalue weighted by atomic mass is 9.92. The van der Waals surface area contributed by atoms with Gasteiger partial charge in [0.2, 0.25) is 21.8 Å². The van der Waals surface area contributed by atoms with E-state index in [4.69, 9.17) is 0 Å². The molecule has 1 aromatic rings. The van der Waals surface area contributed by atoms with Crippen molar-refractivity contribution >= 4 is 21.8 Å². The van der Waals surface area contributed by atoms with Crippen LogP contribution in [0.4, 0.5) is 13.2 Å². The molecule has 2 aliphatic heterocycles. The molecule has 7 nitrogen and oxygen atoms in total. The van der Waals surface area contributed by atoms with Crippen molar-refractivity contribution in [3.8, 4) is 0 Å². The van der Waals surface area contributed by atoms with Crippen LogP contribution < -0.4 is 5.32 Å². The van der Waals surface area contributed by atoms with Gasteiger partial charge in [0.15, 0.2) is 0 Å². The Morgan fingerprint density at radius 2 is 1.52 bits per heavy atom. The smallest absolute Gasteiger partial charge is 0.353 e. The number of hydrogen-bond acceptors (Lipinski definition) is 4. The summed E-state index contributed by atoms with van der Waals surface area (Å²) in [4.78, 5) is 26.5. The molecule has 3 aliphatic rings. The van der Waals surface area contributed by atoms with Crippen LogP contribution >= 0.6 is 0 Å². The third-order valence-corrected chi connectivity index (χ3v) is 8.60. The van der Waals surface area contributed by atoms with Crippen molar-refractivity contribution in [3.05, 3.63) is 29.8 Å². The highest BCUT2D eigenvalue weighted by Crippen LogP contribution is 2.32. The lowest BCUT2D eigenvalue weighted by molar-refractivity contribution is -0.140. The molecule has 2 amide bonds. The Kier molecular flexibility index (Phi) is 6.73. The molecule has 3 fully saturated rings. The topological polar surface area (TPSA) is 86.8 Å². The number of carbonyl (C=O) groups is 2. The van der Waals surface area contributed by atoms with Crippen LogP contribution in [0.25, 0.3) is 0 Å². The van der Waals surface area contributed by atoms with Gasteiger partial charge in [-0.3, -0.25) is 9.59 Å². The molecule has 1 saturated carbocycles. The lowest BCUT2D eigenvalue weighted by Gasteiger charge is -2.36. The quantitative estimate of drug-likeness (QED) is 0.692. The zero-order valence-electron chi connectivity index (χ0n) is 18.2. The van der Waals surface area contributed by atoms with E-state index >= 15 is 0 Å². The summed E-state index contributed by atoms with van der Waals surface area (Å²) < 4.78 is 65.8. The SMILES string of the molecule is O=C(NC1CC1)C1CCN(C(=O)C2CCN(S(=O)(=O)c3cccc(C(F)(F)F)c3)CC2)CC1. The maximum atomic E-state index is 13.0. The van der Waals surface area contributed by atoms with E-state index in [-0.39, 0.29) is 36.7 Å². The highest BCUT2D eigenvalue weighted by atomic mass is 32.2. The minimum Gasteiger partial charge on any atom is -0.353 e. The standard InChI is InChI=1S/C22H28F3N3O4S/c23-22(24,25)17-2-1-3-19(14-17)33(31,32)28-12-8-16(9-13-28)21(30)27-10-6-15(7-11-27)20(29)26-18-4-5-18/h1-3,14-16,18H,4-13H2,(H,26,29). The van der Waals surface area contributed by atoms with Crippen molar-refractivity contribution in [2.24, 2.45) is 11.8 Å². The zero-order chi connectivity index (χ0) is 23.8. The maximum absolute atomic E-state index is 13.0. The summed E-state index contributed by atoms with van der Waals surface area (Å²) in [7, 11) is -4.08. The molecule has 2 heterocycles. The van der Waals surface area contributed by atoms with Crippen LogP contribution in [0, 0.1) is 11.8 Å². The third kappa shape index (κ3) is 5.51. The second-order valence-corrected chi connectivity index (χ2v) is 11.0. The first-order valence-corrected chi connectivity index (χ1v) is 12.8. The number of nitrogens with zero attached hydrogens (tertiary/aromatic N) is 2. The Morgan fingerprint density at radius 3 is 2.09 bits per heavy atom. The number of halogens is 3. The average molecular weight is 488 g/mol. The minimum absolute atomic E-state index is 0.0350. The molecule has 4 rings (SSSR count). The second kappa shape index (κ2) is 9.25. The van der Waals surface area contributed by atoms with Gasteiger partial charge >= 0.3 is 6.18 Å². The molecule has 0 aromatic heterocycles. The van der Waals surface area contributed by atoms with Crippen LogP contribution in [0.5, 0.6) is 0 Å². The van der Waals surface area contributed by atoms with Crippen molar-refractivity contribution in [3.63, 3.8) is 0 Å². The van der Waals surface area contributed by atoms with Crippen LogP contribution in [0.2, 0.25) is 0 Å². The molecule has 1 aromatic carbocycles. The fraction of sp³-hybridized carbons (Fsp3) is 0.636. The summed E-state index contributed by atoms with van der Waals surface area (Å²) in [6.45, 7) is 1.17. The van der Waals surface area contributed by atoms with E-state index in [9.17, 15) is 31.2 Å². The molecule has 0 unspecified atom stereocenters. The first kappa shape index (κ1) is 24.0. The van der Waals surface area contributed by atoms with Gasteiger partial charge in [-0.15, -0.1) is 0 Å². The number of benzene rings is 1. The molecule has 182 valence electrons. The molecule has 0 radical (unpaired) electrons. The number of nitrogens with one attached hydrogen (secondary N) is 1. The van der Waals surface area contributed by atoms with Crippen LogP contribution in [0.3, 0.4) is 0 Å². The Labute approximate surface area is 191 Å². The van der Waals surface area contributed by atoms with E-state index in [1.165, 1.54) is 0 Å². The number of amides is 2. The predicted molar refractivity (Wildman–Crippen MR) is 113 cm³/mol. The Morgan fingerprint density at radius 1 is 0.909 bits per heavy atom. The van der Waals surface area contributed by atoms with Crippen molar-refractivity contribution in [2.75, 3.05) is 26.2 Å². The van der Waals surface area contributed by atoms with E-state index in [1.54, 1.807) is 4.90 Å². The number of alkyl halides is 3. The van der Waals surface area contributed by atoms with Gasteiger partial charge in [-0.1, -0.05) is 6.07 Å². The minimum atomic E-state index is -4.63. The first-order chi connectivity index (χ1) is 15.6. The third-order valence-electron chi connectivity index (χ3n) is 6.70.